The minimum absolute atomic E-state index is 0.0607. The predicted octanol–water partition coefficient (Wildman–Crippen LogP) is 3.10. The molecule has 2 aromatic carbocycles. The first kappa shape index (κ1) is 18.6. The summed E-state index contributed by atoms with van der Waals surface area (Å²) in [7, 11) is 3.43. The van der Waals surface area contributed by atoms with Crippen molar-refractivity contribution in [3.8, 4) is 11.3 Å². The summed E-state index contributed by atoms with van der Waals surface area (Å²) in [4.78, 5) is 38.0. The van der Waals surface area contributed by atoms with Gasteiger partial charge in [-0.05, 0) is 24.6 Å². The minimum Gasteiger partial charge on any atom is -0.345 e. The third kappa shape index (κ3) is 3.42. The highest BCUT2D eigenvalue weighted by Crippen LogP contribution is 2.22. The van der Waals surface area contributed by atoms with Crippen LogP contribution in [-0.2, 0) is 0 Å². The Hall–Kier alpha value is -3.74. The van der Waals surface area contributed by atoms with Gasteiger partial charge in [0.15, 0.2) is 11.3 Å². The number of hydrogen-bond acceptors (Lipinski definition) is 4. The lowest BCUT2D eigenvalue weighted by Crippen LogP contribution is -2.21. The highest BCUT2D eigenvalue weighted by Gasteiger charge is 2.17. The van der Waals surface area contributed by atoms with Gasteiger partial charge in [-0.3, -0.25) is 14.3 Å². The lowest BCUT2D eigenvalue weighted by molar-refractivity contribution is 0.0827. The zero-order valence-electron chi connectivity index (χ0n) is 16.5. The highest BCUT2D eigenvalue weighted by molar-refractivity contribution is 5.94. The van der Waals surface area contributed by atoms with Gasteiger partial charge >= 0.3 is 5.69 Å². The molecule has 7 nitrogen and oxygen atoms in total. The number of aromatic nitrogens is 4. The Morgan fingerprint density at radius 2 is 1.76 bits per heavy atom. The van der Waals surface area contributed by atoms with Gasteiger partial charge in [0.2, 0.25) is 0 Å². The van der Waals surface area contributed by atoms with Crippen LogP contribution >= 0.6 is 0 Å². The fourth-order valence-electron chi connectivity index (χ4n) is 3.32. The molecule has 146 valence electrons. The fraction of sp³-hybridized carbons (Fsp3) is 0.182. The topological polar surface area (TPSA) is 83.9 Å². The summed E-state index contributed by atoms with van der Waals surface area (Å²) in [6.45, 7) is 1.96. The number of carbonyl (C=O) groups is 1. The second-order valence-electron chi connectivity index (χ2n) is 7.09. The Labute approximate surface area is 167 Å². The lowest BCUT2D eigenvalue weighted by Gasteiger charge is -2.13. The molecule has 29 heavy (non-hydrogen) atoms. The average Bonchev–Trinajstić information content (AvgIpc) is 3.08. The maximum absolute atomic E-state index is 12.6. The molecule has 0 spiro atoms. The first-order chi connectivity index (χ1) is 14.0. The number of rotatable bonds is 4. The molecule has 0 bridgehead atoms. The van der Waals surface area contributed by atoms with Crippen molar-refractivity contribution in [2.24, 2.45) is 0 Å². The van der Waals surface area contributed by atoms with E-state index in [4.69, 9.17) is 0 Å². The van der Waals surface area contributed by atoms with E-state index in [9.17, 15) is 9.59 Å². The normalized spacial score (nSPS) is 12.1. The Kier molecular flexibility index (Phi) is 4.72. The maximum atomic E-state index is 12.6. The standard InChI is InChI=1S/C22H21N5O2/c1-14(15-7-5-4-6-8-15)27-20-19(25-22(27)29)24-18(13-23-20)16-9-11-17(12-10-16)21(28)26(2)3/h4-14H,1-3H3,(H,24,25,29)/t14-/m0/s1. The van der Waals surface area contributed by atoms with Crippen molar-refractivity contribution >= 4 is 17.2 Å². The quantitative estimate of drug-likeness (QED) is 0.583. The van der Waals surface area contributed by atoms with Gasteiger partial charge in [0.1, 0.15) is 0 Å². The van der Waals surface area contributed by atoms with Crippen molar-refractivity contribution < 1.29 is 4.79 Å². The van der Waals surface area contributed by atoms with Crippen LogP contribution in [0.4, 0.5) is 0 Å². The van der Waals surface area contributed by atoms with Gasteiger partial charge in [0.05, 0.1) is 17.9 Å². The van der Waals surface area contributed by atoms with E-state index >= 15 is 0 Å². The molecule has 0 aliphatic carbocycles. The SMILES string of the molecule is C[C@@H](c1ccccc1)n1c(=O)[nH]c2nc(-c3ccc(C(=O)N(C)C)cc3)cnc21. The van der Waals surface area contributed by atoms with Gasteiger partial charge in [0, 0.05) is 25.2 Å². The van der Waals surface area contributed by atoms with Crippen molar-refractivity contribution in [1.29, 1.82) is 0 Å². The molecular weight excluding hydrogens is 366 g/mol. The molecule has 4 aromatic rings. The zero-order valence-corrected chi connectivity index (χ0v) is 16.5. The number of imidazole rings is 1. The van der Waals surface area contributed by atoms with E-state index < -0.39 is 0 Å². The van der Waals surface area contributed by atoms with E-state index in [1.807, 2.05) is 49.4 Å². The number of fused-ring (bicyclic) bond motifs is 1. The smallest absolute Gasteiger partial charge is 0.329 e. The molecule has 2 heterocycles. The summed E-state index contributed by atoms with van der Waals surface area (Å²) < 4.78 is 1.61. The Balaban J connectivity index is 1.71. The van der Waals surface area contributed by atoms with Crippen LogP contribution in [0.25, 0.3) is 22.6 Å². The largest absolute Gasteiger partial charge is 0.345 e. The molecule has 0 saturated heterocycles. The van der Waals surface area contributed by atoms with E-state index in [-0.39, 0.29) is 17.6 Å². The van der Waals surface area contributed by atoms with Crippen LogP contribution in [0, 0.1) is 0 Å². The summed E-state index contributed by atoms with van der Waals surface area (Å²) in [5, 5.41) is 0. The van der Waals surface area contributed by atoms with Gasteiger partial charge in [-0.1, -0.05) is 42.5 Å². The molecule has 7 heteroatoms. The molecule has 2 aromatic heterocycles. The van der Waals surface area contributed by atoms with E-state index in [1.54, 1.807) is 37.0 Å². The molecule has 0 aliphatic heterocycles. The second-order valence-corrected chi connectivity index (χ2v) is 7.09. The van der Waals surface area contributed by atoms with E-state index in [0.717, 1.165) is 11.1 Å². The number of nitrogens with one attached hydrogen (secondary N) is 1. The van der Waals surface area contributed by atoms with Crippen LogP contribution in [0.2, 0.25) is 0 Å². The monoisotopic (exact) mass is 387 g/mol. The Morgan fingerprint density at radius 1 is 1.07 bits per heavy atom. The Bertz CT molecular complexity index is 1220. The molecular formula is C22H21N5O2. The number of hydrogen-bond donors (Lipinski definition) is 1. The Morgan fingerprint density at radius 3 is 2.41 bits per heavy atom. The number of nitrogens with zero attached hydrogens (tertiary/aromatic N) is 4. The second kappa shape index (κ2) is 7.35. The summed E-state index contributed by atoms with van der Waals surface area (Å²) in [6.07, 6.45) is 1.65. The van der Waals surface area contributed by atoms with Gasteiger partial charge in [-0.2, -0.15) is 0 Å². The van der Waals surface area contributed by atoms with Crippen LogP contribution in [-0.4, -0.2) is 44.4 Å². The molecule has 1 N–H and O–H groups in total. The molecule has 0 unspecified atom stereocenters. The number of benzene rings is 2. The molecule has 0 aliphatic rings. The van der Waals surface area contributed by atoms with E-state index in [2.05, 4.69) is 15.0 Å². The maximum Gasteiger partial charge on any atom is 0.329 e. The third-order valence-corrected chi connectivity index (χ3v) is 4.93. The third-order valence-electron chi connectivity index (χ3n) is 4.93. The van der Waals surface area contributed by atoms with E-state index in [1.165, 1.54) is 4.90 Å². The summed E-state index contributed by atoms with van der Waals surface area (Å²) in [5.74, 6) is -0.0607. The molecule has 1 atom stereocenters. The predicted molar refractivity (Wildman–Crippen MR) is 112 cm³/mol. The van der Waals surface area contributed by atoms with E-state index in [0.29, 0.717) is 22.6 Å². The van der Waals surface area contributed by atoms with Gasteiger partial charge in [0.25, 0.3) is 5.91 Å². The van der Waals surface area contributed by atoms with Crippen LogP contribution in [0.1, 0.15) is 28.9 Å². The average molecular weight is 387 g/mol. The molecule has 0 saturated carbocycles. The van der Waals surface area contributed by atoms with Gasteiger partial charge < -0.3 is 4.90 Å². The van der Waals surface area contributed by atoms with Crippen LogP contribution in [0.15, 0.2) is 65.6 Å². The first-order valence-electron chi connectivity index (χ1n) is 9.30. The van der Waals surface area contributed by atoms with Crippen molar-refractivity contribution in [3.63, 3.8) is 0 Å². The van der Waals surface area contributed by atoms with Crippen molar-refractivity contribution in [1.82, 2.24) is 24.4 Å². The minimum atomic E-state index is -0.250. The summed E-state index contributed by atoms with van der Waals surface area (Å²) in [5.41, 5.74) is 3.76. The van der Waals surface area contributed by atoms with Crippen LogP contribution in [0.3, 0.4) is 0 Å². The highest BCUT2D eigenvalue weighted by atomic mass is 16.2. The number of H-pyrrole nitrogens is 1. The zero-order chi connectivity index (χ0) is 20.5. The van der Waals surface area contributed by atoms with Crippen molar-refractivity contribution in [2.75, 3.05) is 14.1 Å². The molecule has 0 radical (unpaired) electrons. The summed E-state index contributed by atoms with van der Waals surface area (Å²) in [6, 6.07) is 16.8. The molecule has 1 amide bonds. The first-order valence-corrected chi connectivity index (χ1v) is 9.30. The molecule has 4 rings (SSSR count). The van der Waals surface area contributed by atoms with Gasteiger partial charge in [-0.25, -0.2) is 14.8 Å². The number of amides is 1. The number of aromatic amines is 1. The summed E-state index contributed by atoms with van der Waals surface area (Å²) >= 11 is 0. The van der Waals surface area contributed by atoms with Crippen molar-refractivity contribution in [2.45, 2.75) is 13.0 Å². The fourth-order valence-corrected chi connectivity index (χ4v) is 3.32. The number of carbonyl (C=O) groups excluding carboxylic acids is 1. The van der Waals surface area contributed by atoms with Crippen LogP contribution < -0.4 is 5.69 Å². The lowest BCUT2D eigenvalue weighted by atomic mass is 10.1. The molecule has 0 fully saturated rings. The van der Waals surface area contributed by atoms with Crippen LogP contribution in [0.5, 0.6) is 0 Å². The van der Waals surface area contributed by atoms with Crippen molar-refractivity contribution in [3.05, 3.63) is 82.4 Å². The van der Waals surface area contributed by atoms with Gasteiger partial charge in [-0.15, -0.1) is 0 Å².